The molecule has 0 atom stereocenters. The average molecular weight is 375 g/mol. The Bertz CT molecular complexity index is 516. The molecule has 0 unspecified atom stereocenters. The standard InChI is InChI=1S/C17H27O3PS2/c1-14(2)19-21(22,20-15(3)4)23-13-11-17(10-12-18)16-8-6-5-7-9-16/h5-9,11,14-15,18H,10,12-13H2,1-4H3/b17-11+. The van der Waals surface area contributed by atoms with E-state index >= 15 is 0 Å². The second kappa shape index (κ2) is 10.7. The molecule has 0 spiro atoms. The van der Waals surface area contributed by atoms with Gasteiger partial charge in [0.1, 0.15) is 0 Å². The van der Waals surface area contributed by atoms with Crippen LogP contribution in [-0.4, -0.2) is 29.7 Å². The van der Waals surface area contributed by atoms with E-state index in [0.717, 1.165) is 11.1 Å². The minimum atomic E-state index is -2.36. The molecule has 6 heteroatoms. The van der Waals surface area contributed by atoms with Gasteiger partial charge in [-0.2, -0.15) is 0 Å². The molecule has 0 heterocycles. The van der Waals surface area contributed by atoms with E-state index in [9.17, 15) is 5.11 Å². The minimum Gasteiger partial charge on any atom is -0.396 e. The van der Waals surface area contributed by atoms with Crippen molar-refractivity contribution in [2.45, 2.75) is 46.3 Å². The molecule has 0 saturated carbocycles. The van der Waals surface area contributed by atoms with E-state index in [-0.39, 0.29) is 18.8 Å². The number of aliphatic hydroxyl groups is 1. The fourth-order valence-corrected chi connectivity index (χ4v) is 7.38. The van der Waals surface area contributed by atoms with Crippen LogP contribution in [0.15, 0.2) is 36.4 Å². The van der Waals surface area contributed by atoms with Gasteiger partial charge in [0.2, 0.25) is 5.69 Å². The first-order valence-corrected chi connectivity index (χ1v) is 12.1. The van der Waals surface area contributed by atoms with Crippen LogP contribution in [0.1, 0.15) is 39.7 Å². The van der Waals surface area contributed by atoms with Gasteiger partial charge in [0.15, 0.2) is 0 Å². The molecule has 0 bridgehead atoms. The van der Waals surface area contributed by atoms with Crippen molar-refractivity contribution < 1.29 is 14.2 Å². The Morgan fingerprint density at radius 2 is 1.74 bits per heavy atom. The fourth-order valence-electron chi connectivity index (χ4n) is 1.97. The summed E-state index contributed by atoms with van der Waals surface area (Å²) < 4.78 is 11.8. The van der Waals surface area contributed by atoms with Crippen LogP contribution in [0.25, 0.3) is 5.57 Å². The van der Waals surface area contributed by atoms with Crippen LogP contribution in [0, 0.1) is 0 Å². The number of aliphatic hydroxyl groups excluding tert-OH is 1. The summed E-state index contributed by atoms with van der Waals surface area (Å²) >= 11 is 7.19. The van der Waals surface area contributed by atoms with Gasteiger partial charge in [-0.3, -0.25) is 0 Å². The lowest BCUT2D eigenvalue weighted by molar-refractivity contribution is 0.186. The molecule has 1 aromatic carbocycles. The minimum absolute atomic E-state index is 0.0436. The van der Waals surface area contributed by atoms with Crippen molar-refractivity contribution >= 4 is 34.5 Å². The SMILES string of the molecule is CC(C)OP(=S)(OC(C)C)SC/C=C(\CCO)c1ccccc1. The van der Waals surface area contributed by atoms with Crippen molar-refractivity contribution in [3.8, 4) is 0 Å². The molecule has 130 valence electrons. The van der Waals surface area contributed by atoms with Gasteiger partial charge in [-0.05, 0) is 57.1 Å². The molecule has 3 nitrogen and oxygen atoms in total. The maximum atomic E-state index is 9.28. The molecular weight excluding hydrogens is 347 g/mol. The highest BCUT2D eigenvalue weighted by molar-refractivity contribution is 8.67. The topological polar surface area (TPSA) is 38.7 Å². The number of rotatable bonds is 10. The van der Waals surface area contributed by atoms with E-state index in [4.69, 9.17) is 20.9 Å². The molecule has 0 aliphatic heterocycles. The number of benzene rings is 1. The fraction of sp³-hybridized carbons (Fsp3) is 0.529. The van der Waals surface area contributed by atoms with Crippen molar-refractivity contribution in [2.75, 3.05) is 12.4 Å². The van der Waals surface area contributed by atoms with E-state index in [0.29, 0.717) is 12.2 Å². The maximum absolute atomic E-state index is 9.28. The Kier molecular flexibility index (Phi) is 9.67. The van der Waals surface area contributed by atoms with Crippen LogP contribution in [0.5, 0.6) is 0 Å². The third-order valence-electron chi connectivity index (χ3n) is 2.77. The largest absolute Gasteiger partial charge is 0.396 e. The van der Waals surface area contributed by atoms with E-state index in [1.54, 1.807) is 11.4 Å². The van der Waals surface area contributed by atoms with Crippen LogP contribution in [0.3, 0.4) is 0 Å². The van der Waals surface area contributed by atoms with Gasteiger partial charge < -0.3 is 14.2 Å². The van der Waals surface area contributed by atoms with Crippen LogP contribution in [0.4, 0.5) is 0 Å². The zero-order valence-corrected chi connectivity index (χ0v) is 16.8. The molecule has 0 amide bonds. The van der Waals surface area contributed by atoms with Crippen LogP contribution >= 0.6 is 17.1 Å². The molecular formula is C17H27O3PS2. The zero-order valence-electron chi connectivity index (χ0n) is 14.3. The molecule has 23 heavy (non-hydrogen) atoms. The van der Waals surface area contributed by atoms with Crippen LogP contribution < -0.4 is 0 Å². The first-order chi connectivity index (χ1) is 10.9. The normalized spacial score (nSPS) is 13.1. The van der Waals surface area contributed by atoms with Crippen molar-refractivity contribution in [3.05, 3.63) is 42.0 Å². The highest BCUT2D eigenvalue weighted by Crippen LogP contribution is 2.62. The summed E-state index contributed by atoms with van der Waals surface area (Å²) in [7, 11) is 0. The highest BCUT2D eigenvalue weighted by Gasteiger charge is 2.22. The Morgan fingerprint density at radius 1 is 1.17 bits per heavy atom. The summed E-state index contributed by atoms with van der Waals surface area (Å²) in [5.74, 6) is 0.709. The van der Waals surface area contributed by atoms with Crippen LogP contribution in [0.2, 0.25) is 0 Å². The zero-order chi connectivity index (χ0) is 17.3. The first-order valence-electron chi connectivity index (χ1n) is 7.83. The van der Waals surface area contributed by atoms with Gasteiger partial charge >= 0.3 is 0 Å². The molecule has 0 aliphatic carbocycles. The molecule has 1 N–H and O–H groups in total. The third-order valence-corrected chi connectivity index (χ3v) is 8.14. The van der Waals surface area contributed by atoms with Gasteiger partial charge in [-0.1, -0.05) is 47.8 Å². The third kappa shape index (κ3) is 8.48. The lowest BCUT2D eigenvalue weighted by Crippen LogP contribution is -2.06. The van der Waals surface area contributed by atoms with Gasteiger partial charge in [0, 0.05) is 12.4 Å². The molecule has 0 aromatic heterocycles. The van der Waals surface area contributed by atoms with E-state index in [1.165, 1.54) is 0 Å². The van der Waals surface area contributed by atoms with Gasteiger partial charge in [0.05, 0.1) is 12.2 Å². The molecule has 0 aliphatic rings. The molecule has 1 aromatic rings. The highest BCUT2D eigenvalue weighted by atomic mass is 32.9. The first kappa shape index (κ1) is 20.9. The van der Waals surface area contributed by atoms with Gasteiger partial charge in [0.25, 0.3) is 0 Å². The molecule has 1 rings (SSSR count). The smallest absolute Gasteiger partial charge is 0.248 e. The van der Waals surface area contributed by atoms with Crippen LogP contribution in [-0.2, 0) is 20.9 Å². The number of hydrogen-bond acceptors (Lipinski definition) is 5. The second-order valence-corrected chi connectivity index (χ2v) is 11.9. The Labute approximate surface area is 149 Å². The summed E-state index contributed by atoms with van der Waals surface area (Å²) in [6, 6.07) is 10.1. The summed E-state index contributed by atoms with van der Waals surface area (Å²) in [5.41, 5.74) is -0.104. The van der Waals surface area contributed by atoms with E-state index < -0.39 is 5.69 Å². The lowest BCUT2D eigenvalue weighted by Gasteiger charge is -2.25. The Balaban J connectivity index is 2.79. The molecule has 0 radical (unpaired) electrons. The number of hydrogen-bond donors (Lipinski definition) is 1. The predicted octanol–water partition coefficient (Wildman–Crippen LogP) is 5.26. The second-order valence-electron chi connectivity index (χ2n) is 5.62. The Hall–Kier alpha value is -0.160. The average Bonchev–Trinajstić information content (AvgIpc) is 2.45. The predicted molar refractivity (Wildman–Crippen MR) is 105 cm³/mol. The summed E-state index contributed by atoms with van der Waals surface area (Å²) in [6.45, 7) is 8.03. The maximum Gasteiger partial charge on any atom is 0.248 e. The summed E-state index contributed by atoms with van der Waals surface area (Å²) in [6.07, 6.45) is 2.83. The monoisotopic (exact) mass is 374 g/mol. The van der Waals surface area contributed by atoms with Crippen molar-refractivity contribution in [1.82, 2.24) is 0 Å². The van der Waals surface area contributed by atoms with Crippen molar-refractivity contribution in [3.63, 3.8) is 0 Å². The summed E-state index contributed by atoms with van der Waals surface area (Å²) in [5, 5.41) is 9.28. The molecule has 0 fully saturated rings. The van der Waals surface area contributed by atoms with E-state index in [2.05, 4.69) is 18.2 Å². The van der Waals surface area contributed by atoms with Gasteiger partial charge in [-0.15, -0.1) is 0 Å². The lowest BCUT2D eigenvalue weighted by atomic mass is 10.0. The summed E-state index contributed by atoms with van der Waals surface area (Å²) in [4.78, 5) is 0. The molecule has 0 saturated heterocycles. The van der Waals surface area contributed by atoms with Crippen molar-refractivity contribution in [2.24, 2.45) is 0 Å². The Morgan fingerprint density at radius 3 is 2.22 bits per heavy atom. The van der Waals surface area contributed by atoms with E-state index in [1.807, 2.05) is 45.9 Å². The van der Waals surface area contributed by atoms with Gasteiger partial charge in [-0.25, -0.2) is 0 Å². The quantitative estimate of drug-likeness (QED) is 0.566. The van der Waals surface area contributed by atoms with Crippen molar-refractivity contribution in [1.29, 1.82) is 0 Å².